The molecule has 0 aliphatic carbocycles. The lowest BCUT2D eigenvalue weighted by Crippen LogP contribution is -2.02. The summed E-state index contributed by atoms with van der Waals surface area (Å²) in [7, 11) is 0. The topological polar surface area (TPSA) is 38.7 Å². The van der Waals surface area contributed by atoms with Crippen molar-refractivity contribution in [1.82, 2.24) is 0 Å². The first-order valence-electron chi connectivity index (χ1n) is 7.26. The molecule has 0 saturated heterocycles. The Morgan fingerprint density at radius 2 is 1.81 bits per heavy atom. The normalized spacial score (nSPS) is 12.1. The molecule has 0 radical (unpaired) electrons. The van der Waals surface area contributed by atoms with E-state index < -0.39 is 6.10 Å². The predicted octanol–water partition coefficient (Wildman–Crippen LogP) is 3.86. The van der Waals surface area contributed by atoms with Crippen LogP contribution in [-0.2, 0) is 18.0 Å². The van der Waals surface area contributed by atoms with Gasteiger partial charge in [0.05, 0.1) is 25.9 Å². The van der Waals surface area contributed by atoms with E-state index in [9.17, 15) is 5.11 Å². The maximum Gasteiger partial charge on any atom is 0.124 e. The lowest BCUT2D eigenvalue weighted by molar-refractivity contribution is 0.104. The minimum Gasteiger partial charge on any atom is -0.494 e. The average molecular weight is 286 g/mol. The molecule has 1 unspecified atom stereocenters. The van der Waals surface area contributed by atoms with E-state index in [4.69, 9.17) is 9.47 Å². The number of aliphatic hydroxyl groups excluding tert-OH is 1. The van der Waals surface area contributed by atoms with Crippen molar-refractivity contribution in [2.45, 2.75) is 33.2 Å². The van der Waals surface area contributed by atoms with Crippen LogP contribution in [0.25, 0.3) is 0 Å². The van der Waals surface area contributed by atoms with Crippen molar-refractivity contribution in [3.63, 3.8) is 0 Å². The van der Waals surface area contributed by atoms with Gasteiger partial charge >= 0.3 is 0 Å². The van der Waals surface area contributed by atoms with E-state index in [1.54, 1.807) is 6.92 Å². The Hall–Kier alpha value is -1.84. The molecule has 0 amide bonds. The minimum absolute atomic E-state index is 0.463. The fourth-order valence-corrected chi connectivity index (χ4v) is 2.12. The van der Waals surface area contributed by atoms with Gasteiger partial charge in [0, 0.05) is 5.56 Å². The highest BCUT2D eigenvalue weighted by atomic mass is 16.5. The van der Waals surface area contributed by atoms with Crippen LogP contribution in [0, 0.1) is 0 Å². The summed E-state index contributed by atoms with van der Waals surface area (Å²) >= 11 is 0. The van der Waals surface area contributed by atoms with E-state index in [0.717, 1.165) is 22.4 Å². The zero-order valence-corrected chi connectivity index (χ0v) is 12.6. The van der Waals surface area contributed by atoms with Crippen LogP contribution in [0.2, 0.25) is 0 Å². The van der Waals surface area contributed by atoms with Crippen molar-refractivity contribution in [1.29, 1.82) is 0 Å². The van der Waals surface area contributed by atoms with Gasteiger partial charge in [-0.15, -0.1) is 0 Å². The summed E-state index contributed by atoms with van der Waals surface area (Å²) in [6.45, 7) is 5.34. The second-order valence-electron chi connectivity index (χ2n) is 4.95. The fraction of sp³-hybridized carbons (Fsp3) is 0.333. The molecule has 2 aromatic rings. The number of benzene rings is 2. The van der Waals surface area contributed by atoms with Gasteiger partial charge in [-0.2, -0.15) is 0 Å². The van der Waals surface area contributed by atoms with E-state index >= 15 is 0 Å². The third-order valence-electron chi connectivity index (χ3n) is 3.24. The molecule has 0 heterocycles. The number of aliphatic hydroxyl groups is 1. The van der Waals surface area contributed by atoms with Crippen LogP contribution in [-0.4, -0.2) is 11.7 Å². The molecule has 3 heteroatoms. The largest absolute Gasteiger partial charge is 0.494 e. The molecule has 112 valence electrons. The van der Waals surface area contributed by atoms with E-state index in [-0.39, 0.29) is 0 Å². The molecule has 2 rings (SSSR count). The summed E-state index contributed by atoms with van der Waals surface area (Å²) in [4.78, 5) is 0. The van der Waals surface area contributed by atoms with Crippen molar-refractivity contribution in [3.05, 3.63) is 65.2 Å². The molecule has 1 atom stereocenters. The molecular weight excluding hydrogens is 264 g/mol. The molecule has 0 bridgehead atoms. The average Bonchev–Trinajstić information content (AvgIpc) is 2.50. The first kappa shape index (κ1) is 15.5. The van der Waals surface area contributed by atoms with E-state index in [2.05, 4.69) is 0 Å². The summed E-state index contributed by atoms with van der Waals surface area (Å²) < 4.78 is 11.4. The molecule has 3 nitrogen and oxygen atoms in total. The highest BCUT2D eigenvalue weighted by Gasteiger charge is 2.08. The lowest BCUT2D eigenvalue weighted by atomic mass is 10.1. The van der Waals surface area contributed by atoms with E-state index in [1.807, 2.05) is 55.5 Å². The fourth-order valence-electron chi connectivity index (χ4n) is 2.12. The van der Waals surface area contributed by atoms with Gasteiger partial charge in [0.25, 0.3) is 0 Å². The molecule has 0 aromatic heterocycles. The second kappa shape index (κ2) is 7.81. The van der Waals surface area contributed by atoms with Gasteiger partial charge in [-0.25, -0.2) is 0 Å². The van der Waals surface area contributed by atoms with Crippen LogP contribution >= 0.6 is 0 Å². The predicted molar refractivity (Wildman–Crippen MR) is 83.2 cm³/mol. The van der Waals surface area contributed by atoms with Crippen LogP contribution in [0.15, 0.2) is 48.5 Å². The van der Waals surface area contributed by atoms with Crippen LogP contribution in [0.5, 0.6) is 5.75 Å². The first-order valence-corrected chi connectivity index (χ1v) is 7.26. The third kappa shape index (κ3) is 4.59. The van der Waals surface area contributed by atoms with Gasteiger partial charge in [-0.3, -0.25) is 0 Å². The highest BCUT2D eigenvalue weighted by molar-refractivity contribution is 5.37. The summed E-state index contributed by atoms with van der Waals surface area (Å²) in [6.07, 6.45) is -0.492. The smallest absolute Gasteiger partial charge is 0.124 e. The van der Waals surface area contributed by atoms with Gasteiger partial charge < -0.3 is 14.6 Å². The summed E-state index contributed by atoms with van der Waals surface area (Å²) in [5.74, 6) is 0.815. The number of rotatable bonds is 7. The quantitative estimate of drug-likeness (QED) is 0.840. The Bertz CT molecular complexity index is 550. The van der Waals surface area contributed by atoms with Crippen molar-refractivity contribution in [2.24, 2.45) is 0 Å². The number of hydrogen-bond donors (Lipinski definition) is 1. The van der Waals surface area contributed by atoms with Crippen molar-refractivity contribution < 1.29 is 14.6 Å². The molecule has 0 saturated carbocycles. The molecule has 21 heavy (non-hydrogen) atoms. The lowest BCUT2D eigenvalue weighted by Gasteiger charge is -2.14. The Kier molecular flexibility index (Phi) is 5.78. The van der Waals surface area contributed by atoms with Gasteiger partial charge in [-0.05, 0) is 37.1 Å². The van der Waals surface area contributed by atoms with Crippen molar-refractivity contribution >= 4 is 0 Å². The van der Waals surface area contributed by atoms with Crippen LogP contribution in [0.3, 0.4) is 0 Å². The molecular formula is C18H22O3. The Labute approximate surface area is 126 Å². The maximum absolute atomic E-state index is 9.69. The SMILES string of the molecule is CCOc1ccc(C(C)O)cc1COCc1ccccc1. The maximum atomic E-state index is 9.69. The standard InChI is InChI=1S/C18H22O3/c1-3-21-18-10-9-16(14(2)19)11-17(18)13-20-12-15-7-5-4-6-8-15/h4-11,14,19H,3,12-13H2,1-2H3. The van der Waals surface area contributed by atoms with Crippen LogP contribution < -0.4 is 4.74 Å². The van der Waals surface area contributed by atoms with Gasteiger partial charge in [0.1, 0.15) is 5.75 Å². The van der Waals surface area contributed by atoms with Gasteiger partial charge in [-0.1, -0.05) is 36.4 Å². The number of hydrogen-bond acceptors (Lipinski definition) is 3. The summed E-state index contributed by atoms with van der Waals surface area (Å²) in [5, 5.41) is 9.69. The molecule has 0 fully saturated rings. The molecule has 2 aromatic carbocycles. The second-order valence-corrected chi connectivity index (χ2v) is 4.95. The van der Waals surface area contributed by atoms with Gasteiger partial charge in [0.15, 0.2) is 0 Å². The Morgan fingerprint density at radius 3 is 2.48 bits per heavy atom. The molecule has 0 aliphatic rings. The highest BCUT2D eigenvalue weighted by Crippen LogP contribution is 2.24. The van der Waals surface area contributed by atoms with E-state index in [0.29, 0.717) is 19.8 Å². The molecule has 0 spiro atoms. The van der Waals surface area contributed by atoms with Crippen molar-refractivity contribution in [2.75, 3.05) is 6.61 Å². The monoisotopic (exact) mass is 286 g/mol. The zero-order valence-electron chi connectivity index (χ0n) is 12.6. The Morgan fingerprint density at radius 1 is 1.05 bits per heavy atom. The van der Waals surface area contributed by atoms with E-state index in [1.165, 1.54) is 0 Å². The van der Waals surface area contributed by atoms with Gasteiger partial charge in [0.2, 0.25) is 0 Å². The molecule has 0 aliphatic heterocycles. The van der Waals surface area contributed by atoms with Crippen LogP contribution in [0.4, 0.5) is 0 Å². The Balaban J connectivity index is 2.04. The minimum atomic E-state index is -0.492. The van der Waals surface area contributed by atoms with Crippen LogP contribution in [0.1, 0.15) is 36.6 Å². The first-order chi connectivity index (χ1) is 10.2. The number of ether oxygens (including phenoxy) is 2. The molecule has 1 N–H and O–H groups in total. The summed E-state index contributed by atoms with van der Waals surface area (Å²) in [6, 6.07) is 15.8. The van der Waals surface area contributed by atoms with Crippen molar-refractivity contribution in [3.8, 4) is 5.75 Å². The summed E-state index contributed by atoms with van der Waals surface area (Å²) in [5.41, 5.74) is 2.98. The third-order valence-corrected chi connectivity index (χ3v) is 3.24. The zero-order chi connectivity index (χ0) is 15.1.